The highest BCUT2D eigenvalue weighted by atomic mass is 16.6. The third-order valence-corrected chi connectivity index (χ3v) is 8.34. The van der Waals surface area contributed by atoms with E-state index in [9.17, 15) is 19.5 Å². The van der Waals surface area contributed by atoms with Crippen LogP contribution in [0.4, 0.5) is 9.59 Å². The van der Waals surface area contributed by atoms with E-state index in [0.717, 1.165) is 44.6 Å². The number of esters is 1. The van der Waals surface area contributed by atoms with Crippen LogP contribution >= 0.6 is 0 Å². The van der Waals surface area contributed by atoms with Crippen LogP contribution in [0, 0.1) is 17.8 Å². The monoisotopic (exact) mass is 589 g/mol. The van der Waals surface area contributed by atoms with E-state index in [-0.39, 0.29) is 36.4 Å². The van der Waals surface area contributed by atoms with Gasteiger partial charge in [0, 0.05) is 51.1 Å². The van der Waals surface area contributed by atoms with Gasteiger partial charge in [0.15, 0.2) is 0 Å². The zero-order valence-corrected chi connectivity index (χ0v) is 26.1. The number of carbonyl (C=O) groups is 3. The van der Waals surface area contributed by atoms with Crippen LogP contribution in [-0.2, 0) is 19.0 Å². The van der Waals surface area contributed by atoms with Gasteiger partial charge in [-0.1, -0.05) is 45.1 Å². The topological polar surface area (TPSA) is 109 Å². The highest BCUT2D eigenvalue weighted by Crippen LogP contribution is 2.25. The maximum Gasteiger partial charge on any atom is 0.410 e. The molecule has 236 valence electrons. The Balaban J connectivity index is 1.67. The Bertz CT molecular complexity index is 983. The molecule has 0 saturated carbocycles. The minimum absolute atomic E-state index is 0.0177. The fourth-order valence-corrected chi connectivity index (χ4v) is 5.37. The highest BCUT2D eigenvalue weighted by Gasteiger charge is 2.29. The van der Waals surface area contributed by atoms with Crippen molar-refractivity contribution in [3.8, 4) is 0 Å². The second-order valence-electron chi connectivity index (χ2n) is 12.2. The summed E-state index contributed by atoms with van der Waals surface area (Å²) in [6, 6.07) is 0. The quantitative estimate of drug-likeness (QED) is 0.210. The summed E-state index contributed by atoms with van der Waals surface area (Å²) in [6.07, 6.45) is 10.1. The van der Waals surface area contributed by atoms with Gasteiger partial charge in [-0.2, -0.15) is 0 Å². The van der Waals surface area contributed by atoms with Crippen molar-refractivity contribution >= 4 is 18.2 Å². The van der Waals surface area contributed by atoms with Crippen molar-refractivity contribution < 1.29 is 33.7 Å². The predicted octanol–water partition coefficient (Wildman–Crippen LogP) is 4.40. The van der Waals surface area contributed by atoms with E-state index >= 15 is 0 Å². The summed E-state index contributed by atoms with van der Waals surface area (Å²) in [5.41, 5.74) is 0.837. The molecule has 3 aliphatic heterocycles. The number of cyclic esters (lactones) is 1. The maximum absolute atomic E-state index is 13.0. The summed E-state index contributed by atoms with van der Waals surface area (Å²) in [5.74, 6) is -0.665. The number of carbonyl (C=O) groups excluding carboxylic acids is 3. The number of allylic oxidation sites excluding steroid dienone is 2. The SMILES string of the molecule is C/C(=C\C=C\[C@@H](C)COC(=O)N1CCCC1)[C@H]1OC(=O)C[C@@H](O)CC[C@@H](C)[C@@H](OC(=O)N2CCN(C)CC2)/C=C/[C@@H]1C. The molecule has 0 aromatic heterocycles. The van der Waals surface area contributed by atoms with E-state index in [0.29, 0.717) is 32.5 Å². The predicted molar refractivity (Wildman–Crippen MR) is 161 cm³/mol. The van der Waals surface area contributed by atoms with E-state index in [4.69, 9.17) is 14.2 Å². The average molecular weight is 590 g/mol. The zero-order chi connectivity index (χ0) is 30.6. The number of piperazine rings is 1. The second-order valence-corrected chi connectivity index (χ2v) is 12.2. The highest BCUT2D eigenvalue weighted by molar-refractivity contribution is 5.70. The minimum atomic E-state index is -0.832. The third-order valence-electron chi connectivity index (χ3n) is 8.34. The lowest BCUT2D eigenvalue weighted by molar-refractivity contribution is -0.151. The van der Waals surface area contributed by atoms with Crippen LogP contribution in [0.1, 0.15) is 59.8 Å². The van der Waals surface area contributed by atoms with Gasteiger partial charge in [0.25, 0.3) is 0 Å². The third kappa shape index (κ3) is 10.8. The van der Waals surface area contributed by atoms with Crippen molar-refractivity contribution in [2.75, 3.05) is 52.9 Å². The van der Waals surface area contributed by atoms with Crippen molar-refractivity contribution in [3.63, 3.8) is 0 Å². The molecule has 2 amide bonds. The lowest BCUT2D eigenvalue weighted by Crippen LogP contribution is -2.48. The first kappa shape index (κ1) is 33.6. The number of ether oxygens (including phenoxy) is 3. The number of aliphatic hydroxyl groups is 1. The number of likely N-dealkylation sites (N-methyl/N-ethyl adjacent to an activating group) is 1. The number of rotatable bonds is 6. The Labute approximate surface area is 251 Å². The van der Waals surface area contributed by atoms with Gasteiger partial charge in [0.2, 0.25) is 0 Å². The molecule has 10 nitrogen and oxygen atoms in total. The lowest BCUT2D eigenvalue weighted by atomic mass is 9.92. The molecular formula is C32H51N3O7. The molecule has 3 heterocycles. The van der Waals surface area contributed by atoms with E-state index in [1.165, 1.54) is 0 Å². The summed E-state index contributed by atoms with van der Waals surface area (Å²) in [5, 5.41) is 10.5. The Hall–Kier alpha value is -2.85. The van der Waals surface area contributed by atoms with Gasteiger partial charge < -0.3 is 34.0 Å². The van der Waals surface area contributed by atoms with Crippen molar-refractivity contribution in [1.82, 2.24) is 14.7 Å². The number of likely N-dealkylation sites (tertiary alicyclic amines) is 1. The largest absolute Gasteiger partial charge is 0.457 e. The molecular weight excluding hydrogens is 538 g/mol. The smallest absolute Gasteiger partial charge is 0.410 e. The van der Waals surface area contributed by atoms with Gasteiger partial charge in [-0.15, -0.1) is 0 Å². The molecule has 0 aromatic carbocycles. The van der Waals surface area contributed by atoms with Crippen molar-refractivity contribution in [3.05, 3.63) is 36.0 Å². The maximum atomic E-state index is 13.0. The molecule has 0 spiro atoms. The number of amides is 2. The van der Waals surface area contributed by atoms with Crippen molar-refractivity contribution in [2.24, 2.45) is 17.8 Å². The molecule has 2 fully saturated rings. The van der Waals surface area contributed by atoms with Crippen molar-refractivity contribution in [2.45, 2.75) is 78.1 Å². The first-order valence-electron chi connectivity index (χ1n) is 15.5. The summed E-state index contributed by atoms with van der Waals surface area (Å²) < 4.78 is 17.3. The standard InChI is InChI=1S/C32H51N3O7/c1-23(22-40-31(38)34-15-6-7-16-34)9-8-10-25(3)30-26(4)12-14-28(24(2)11-13-27(36)21-29(37)42-30)41-32(39)35-19-17-33(5)18-20-35/h8-10,12,14,23-24,26-28,30,36H,6-7,11,13,15-22H2,1-5H3/b9-8+,14-12+,25-10+/t23-,24-,26+,27+,28+,30-/m1/s1. The van der Waals surface area contributed by atoms with Crippen LogP contribution in [0.15, 0.2) is 36.0 Å². The number of hydrogen-bond donors (Lipinski definition) is 1. The molecule has 0 bridgehead atoms. The molecule has 2 saturated heterocycles. The summed E-state index contributed by atoms with van der Waals surface area (Å²) in [4.78, 5) is 43.5. The second kappa shape index (κ2) is 16.7. The van der Waals surface area contributed by atoms with Crippen LogP contribution < -0.4 is 0 Å². The molecule has 3 rings (SSSR count). The Morgan fingerprint density at radius 1 is 1.05 bits per heavy atom. The Morgan fingerprint density at radius 3 is 2.40 bits per heavy atom. The van der Waals surface area contributed by atoms with Crippen LogP contribution in [0.25, 0.3) is 0 Å². The van der Waals surface area contributed by atoms with Gasteiger partial charge in [0.05, 0.1) is 19.1 Å². The Morgan fingerprint density at radius 2 is 1.71 bits per heavy atom. The van der Waals surface area contributed by atoms with Gasteiger partial charge in [0.1, 0.15) is 12.2 Å². The lowest BCUT2D eigenvalue weighted by Gasteiger charge is -2.33. The first-order chi connectivity index (χ1) is 20.0. The summed E-state index contributed by atoms with van der Waals surface area (Å²) in [6.45, 7) is 12.5. The molecule has 1 N–H and O–H groups in total. The molecule has 0 aromatic rings. The fraction of sp³-hybridized carbons (Fsp3) is 0.719. The van der Waals surface area contributed by atoms with Crippen LogP contribution in [0.5, 0.6) is 0 Å². The molecule has 10 heteroatoms. The fourth-order valence-electron chi connectivity index (χ4n) is 5.37. The van der Waals surface area contributed by atoms with Crippen LogP contribution in [-0.4, -0.2) is 109 Å². The van der Waals surface area contributed by atoms with Crippen molar-refractivity contribution in [1.29, 1.82) is 0 Å². The van der Waals surface area contributed by atoms with E-state index in [2.05, 4.69) is 4.90 Å². The van der Waals surface area contributed by atoms with E-state index in [1.54, 1.807) is 9.80 Å². The minimum Gasteiger partial charge on any atom is -0.457 e. The molecule has 42 heavy (non-hydrogen) atoms. The molecule has 6 atom stereocenters. The summed E-state index contributed by atoms with van der Waals surface area (Å²) >= 11 is 0. The van der Waals surface area contributed by atoms with E-state index < -0.39 is 24.3 Å². The van der Waals surface area contributed by atoms with Gasteiger partial charge in [-0.25, -0.2) is 9.59 Å². The van der Waals surface area contributed by atoms with Gasteiger partial charge in [-0.05, 0) is 57.2 Å². The Kier molecular flexibility index (Phi) is 13.4. The first-order valence-corrected chi connectivity index (χ1v) is 15.5. The zero-order valence-electron chi connectivity index (χ0n) is 26.1. The molecule has 0 aliphatic carbocycles. The number of nitrogens with zero attached hydrogens (tertiary/aromatic N) is 3. The van der Waals surface area contributed by atoms with Crippen LogP contribution in [0.2, 0.25) is 0 Å². The average Bonchev–Trinajstić information content (AvgIpc) is 3.50. The molecule has 3 aliphatic rings. The van der Waals surface area contributed by atoms with Gasteiger partial charge >= 0.3 is 18.2 Å². The molecule has 0 radical (unpaired) electrons. The van der Waals surface area contributed by atoms with Crippen LogP contribution in [0.3, 0.4) is 0 Å². The number of hydrogen-bond acceptors (Lipinski definition) is 8. The van der Waals surface area contributed by atoms with E-state index in [1.807, 2.05) is 65.1 Å². The molecule has 0 unspecified atom stereocenters. The number of aliphatic hydroxyl groups excluding tert-OH is 1. The normalized spacial score (nSPS) is 30.3. The summed E-state index contributed by atoms with van der Waals surface area (Å²) in [7, 11) is 2.04. The van der Waals surface area contributed by atoms with Gasteiger partial charge in [-0.3, -0.25) is 4.79 Å².